The van der Waals surface area contributed by atoms with Gasteiger partial charge in [0, 0.05) is 57.7 Å². The second-order valence-corrected chi connectivity index (χ2v) is 9.42. The molecule has 2 fully saturated rings. The zero-order valence-electron chi connectivity index (χ0n) is 19.4. The minimum atomic E-state index is 0.184. The van der Waals surface area contributed by atoms with Crippen LogP contribution in [0.3, 0.4) is 0 Å². The first-order valence-electron chi connectivity index (χ1n) is 12.1. The number of fused-ring (bicyclic) bond motifs is 1. The van der Waals surface area contributed by atoms with Gasteiger partial charge in [0.25, 0.3) is 0 Å². The van der Waals surface area contributed by atoms with Crippen LogP contribution in [0.15, 0.2) is 36.5 Å². The highest BCUT2D eigenvalue weighted by atomic mass is 16.5. The number of anilines is 1. The van der Waals surface area contributed by atoms with Crippen LogP contribution < -0.4 is 5.32 Å². The second kappa shape index (κ2) is 10.2. The van der Waals surface area contributed by atoms with Gasteiger partial charge in [0.2, 0.25) is 11.9 Å². The number of benzene rings is 1. The number of hydrogen-bond acceptors (Lipinski definition) is 7. The number of carbonyl (C=O) groups is 1. The summed E-state index contributed by atoms with van der Waals surface area (Å²) in [5, 5.41) is 3.45. The molecule has 0 aliphatic carbocycles. The van der Waals surface area contributed by atoms with Gasteiger partial charge in [-0.3, -0.25) is 9.69 Å². The molecule has 0 saturated carbocycles. The molecule has 33 heavy (non-hydrogen) atoms. The van der Waals surface area contributed by atoms with Crippen LogP contribution in [0.25, 0.3) is 0 Å². The highest BCUT2D eigenvalue weighted by molar-refractivity contribution is 5.78. The summed E-state index contributed by atoms with van der Waals surface area (Å²) in [7, 11) is 2.16. The molecule has 1 amide bonds. The number of ether oxygens (including phenoxy) is 1. The van der Waals surface area contributed by atoms with Gasteiger partial charge in [-0.25, -0.2) is 9.97 Å². The van der Waals surface area contributed by atoms with Crippen molar-refractivity contribution in [2.75, 3.05) is 58.3 Å². The molecule has 5 rings (SSSR count). The molecular formula is C25H34N6O2. The van der Waals surface area contributed by atoms with Crippen LogP contribution in [0, 0.1) is 0 Å². The van der Waals surface area contributed by atoms with E-state index in [4.69, 9.17) is 9.72 Å². The third-order valence-corrected chi connectivity index (χ3v) is 7.07. The van der Waals surface area contributed by atoms with E-state index in [1.807, 2.05) is 17.2 Å². The average molecular weight is 451 g/mol. The SMILES string of the molecule is CN1CCN(CC(=O)N2CCc3cnc(NC4CCOCC4)nc3C2)C(c2ccccc2)C1. The van der Waals surface area contributed by atoms with E-state index in [-0.39, 0.29) is 11.9 Å². The smallest absolute Gasteiger partial charge is 0.237 e. The number of rotatable bonds is 5. The van der Waals surface area contributed by atoms with Crippen molar-refractivity contribution in [1.29, 1.82) is 0 Å². The first-order chi connectivity index (χ1) is 16.2. The third kappa shape index (κ3) is 5.34. The van der Waals surface area contributed by atoms with Crippen molar-refractivity contribution in [3.8, 4) is 0 Å². The normalized spacial score (nSPS) is 22.7. The molecule has 0 spiro atoms. The third-order valence-electron chi connectivity index (χ3n) is 7.07. The maximum absolute atomic E-state index is 13.3. The van der Waals surface area contributed by atoms with Crippen LogP contribution in [0.1, 0.15) is 35.7 Å². The Labute approximate surface area is 195 Å². The summed E-state index contributed by atoms with van der Waals surface area (Å²) in [5.41, 5.74) is 3.40. The quantitative estimate of drug-likeness (QED) is 0.746. The summed E-state index contributed by atoms with van der Waals surface area (Å²) >= 11 is 0. The van der Waals surface area contributed by atoms with Crippen LogP contribution in [-0.4, -0.2) is 89.6 Å². The number of amides is 1. The molecule has 2 saturated heterocycles. The fourth-order valence-corrected chi connectivity index (χ4v) is 5.02. The van der Waals surface area contributed by atoms with Gasteiger partial charge in [-0.05, 0) is 37.4 Å². The molecule has 176 valence electrons. The Balaban J connectivity index is 1.24. The van der Waals surface area contributed by atoms with Gasteiger partial charge in [0.15, 0.2) is 0 Å². The molecule has 1 aromatic carbocycles. The van der Waals surface area contributed by atoms with Crippen LogP contribution >= 0.6 is 0 Å². The molecule has 1 N–H and O–H groups in total. The zero-order chi connectivity index (χ0) is 22.6. The second-order valence-electron chi connectivity index (χ2n) is 9.42. The van der Waals surface area contributed by atoms with Gasteiger partial charge in [-0.1, -0.05) is 30.3 Å². The summed E-state index contributed by atoms with van der Waals surface area (Å²) < 4.78 is 5.44. The van der Waals surface area contributed by atoms with Crippen molar-refractivity contribution in [3.05, 3.63) is 53.3 Å². The van der Waals surface area contributed by atoms with Crippen LogP contribution in [-0.2, 0) is 22.5 Å². The van der Waals surface area contributed by atoms with Crippen molar-refractivity contribution in [2.45, 2.75) is 37.9 Å². The summed E-state index contributed by atoms with van der Waals surface area (Å²) in [6.45, 7) is 6.11. The molecule has 2 aromatic rings. The lowest BCUT2D eigenvalue weighted by Gasteiger charge is -2.41. The highest BCUT2D eigenvalue weighted by Crippen LogP contribution is 2.26. The fraction of sp³-hybridized carbons (Fsp3) is 0.560. The molecule has 1 atom stereocenters. The van der Waals surface area contributed by atoms with E-state index in [1.165, 1.54) is 5.56 Å². The Kier molecular flexibility index (Phi) is 6.85. The number of likely N-dealkylation sites (N-methyl/N-ethyl adjacent to an activating group) is 1. The van der Waals surface area contributed by atoms with E-state index in [0.29, 0.717) is 25.1 Å². The largest absolute Gasteiger partial charge is 0.381 e. The fourth-order valence-electron chi connectivity index (χ4n) is 5.02. The molecule has 0 bridgehead atoms. The topological polar surface area (TPSA) is 73.8 Å². The Morgan fingerprint density at radius 3 is 2.79 bits per heavy atom. The van der Waals surface area contributed by atoms with Gasteiger partial charge < -0.3 is 19.9 Å². The standard InChI is InChI=1S/C25H34N6O2/c1-29-11-12-30(23(17-29)19-5-3-2-4-6-19)18-24(32)31-10-7-20-15-26-25(28-22(20)16-31)27-21-8-13-33-14-9-21/h2-6,15,21,23H,7-14,16-18H2,1H3,(H,26,27,28). The van der Waals surface area contributed by atoms with Crippen molar-refractivity contribution in [3.63, 3.8) is 0 Å². The van der Waals surface area contributed by atoms with Crippen LogP contribution in [0.5, 0.6) is 0 Å². The summed E-state index contributed by atoms with van der Waals surface area (Å²) in [6, 6.07) is 11.1. The molecule has 8 heteroatoms. The first-order valence-corrected chi connectivity index (χ1v) is 12.1. The predicted octanol–water partition coefficient (Wildman–Crippen LogP) is 1.94. The first kappa shape index (κ1) is 22.3. The predicted molar refractivity (Wildman–Crippen MR) is 127 cm³/mol. The lowest BCUT2D eigenvalue weighted by molar-refractivity contribution is -0.134. The van der Waals surface area contributed by atoms with E-state index in [2.05, 4.69) is 51.4 Å². The maximum Gasteiger partial charge on any atom is 0.237 e. The minimum Gasteiger partial charge on any atom is -0.381 e. The minimum absolute atomic E-state index is 0.184. The number of nitrogens with one attached hydrogen (secondary N) is 1. The number of hydrogen-bond donors (Lipinski definition) is 1. The monoisotopic (exact) mass is 450 g/mol. The van der Waals surface area contributed by atoms with Gasteiger partial charge >= 0.3 is 0 Å². The van der Waals surface area contributed by atoms with Gasteiger partial charge in [-0.15, -0.1) is 0 Å². The van der Waals surface area contributed by atoms with Gasteiger partial charge in [0.1, 0.15) is 0 Å². The van der Waals surface area contributed by atoms with E-state index in [1.54, 1.807) is 0 Å². The highest BCUT2D eigenvalue weighted by Gasteiger charge is 2.30. The van der Waals surface area contributed by atoms with Gasteiger partial charge in [-0.2, -0.15) is 0 Å². The molecule has 3 aliphatic heterocycles. The van der Waals surface area contributed by atoms with Crippen molar-refractivity contribution >= 4 is 11.9 Å². The van der Waals surface area contributed by atoms with Crippen molar-refractivity contribution < 1.29 is 9.53 Å². The van der Waals surface area contributed by atoms with E-state index in [9.17, 15) is 4.79 Å². The molecule has 3 aliphatic rings. The van der Waals surface area contributed by atoms with E-state index in [0.717, 1.165) is 69.9 Å². The number of nitrogens with zero attached hydrogens (tertiary/aromatic N) is 5. The van der Waals surface area contributed by atoms with Crippen LogP contribution in [0.4, 0.5) is 5.95 Å². The maximum atomic E-state index is 13.3. The molecule has 1 aromatic heterocycles. The Bertz CT molecular complexity index is 949. The van der Waals surface area contributed by atoms with Crippen molar-refractivity contribution in [2.24, 2.45) is 0 Å². The lowest BCUT2D eigenvalue weighted by atomic mass is 10.0. The number of aromatic nitrogens is 2. The lowest BCUT2D eigenvalue weighted by Crippen LogP contribution is -2.51. The van der Waals surface area contributed by atoms with Gasteiger partial charge in [0.05, 0.1) is 18.8 Å². The molecule has 1 unspecified atom stereocenters. The zero-order valence-corrected chi connectivity index (χ0v) is 19.4. The average Bonchev–Trinajstić information content (AvgIpc) is 2.86. The molecule has 0 radical (unpaired) electrons. The summed E-state index contributed by atoms with van der Waals surface area (Å²) in [5.74, 6) is 0.849. The van der Waals surface area contributed by atoms with Crippen LogP contribution in [0.2, 0.25) is 0 Å². The molecular weight excluding hydrogens is 416 g/mol. The number of piperazine rings is 1. The van der Waals surface area contributed by atoms with Crippen molar-refractivity contribution in [1.82, 2.24) is 24.7 Å². The number of carbonyl (C=O) groups excluding carboxylic acids is 1. The Morgan fingerprint density at radius 1 is 1.15 bits per heavy atom. The molecule has 8 nitrogen and oxygen atoms in total. The van der Waals surface area contributed by atoms with E-state index >= 15 is 0 Å². The summed E-state index contributed by atoms with van der Waals surface area (Å²) in [6.07, 6.45) is 4.68. The molecule has 4 heterocycles. The summed E-state index contributed by atoms with van der Waals surface area (Å²) in [4.78, 5) is 29.3. The van der Waals surface area contributed by atoms with E-state index < -0.39 is 0 Å². The Hall–Kier alpha value is -2.55. The Morgan fingerprint density at radius 2 is 1.97 bits per heavy atom.